The average Bonchev–Trinajstić information content (AvgIpc) is 2.59. The molecule has 1 N–H and O–H groups in total. The lowest BCUT2D eigenvalue weighted by Gasteiger charge is -2.08. The predicted molar refractivity (Wildman–Crippen MR) is 47.9 cm³/mol. The summed E-state index contributed by atoms with van der Waals surface area (Å²) in [7, 11) is 0. The maximum absolute atomic E-state index is 8.84. The molecule has 72 valence electrons. The molecule has 0 amide bonds. The van der Waals surface area contributed by atoms with Crippen molar-refractivity contribution in [3.8, 4) is 12.1 Å². The van der Waals surface area contributed by atoms with Gasteiger partial charge in [-0.3, -0.25) is 0 Å². The Morgan fingerprint density at radius 3 is 2.79 bits per heavy atom. The lowest BCUT2D eigenvalue weighted by molar-refractivity contribution is 0.222. The third-order valence-corrected chi connectivity index (χ3v) is 1.87. The Kier molecular flexibility index (Phi) is 3.22. The maximum atomic E-state index is 8.84. The van der Waals surface area contributed by atoms with Gasteiger partial charge in [-0.05, 0) is 5.92 Å². The van der Waals surface area contributed by atoms with Crippen LogP contribution in [0.2, 0.25) is 0 Å². The van der Waals surface area contributed by atoms with Crippen LogP contribution in [-0.4, -0.2) is 21.3 Å². The third-order valence-electron chi connectivity index (χ3n) is 1.87. The van der Waals surface area contributed by atoms with Crippen LogP contribution >= 0.6 is 0 Å². The summed E-state index contributed by atoms with van der Waals surface area (Å²) < 4.78 is 1.58. The fraction of sp³-hybridized carbons (Fsp3) is 0.444. The maximum Gasteiger partial charge on any atom is 0.176 e. The molecule has 5 heteroatoms. The Labute approximate surface area is 81.8 Å². The van der Waals surface area contributed by atoms with E-state index in [1.54, 1.807) is 4.57 Å². The van der Waals surface area contributed by atoms with E-state index in [2.05, 4.69) is 4.98 Å². The van der Waals surface area contributed by atoms with Gasteiger partial charge in [-0.15, -0.1) is 0 Å². The number of imidazole rings is 1. The first-order valence-corrected chi connectivity index (χ1v) is 4.19. The van der Waals surface area contributed by atoms with Crippen LogP contribution in [0.3, 0.4) is 0 Å². The van der Waals surface area contributed by atoms with E-state index in [0.29, 0.717) is 6.54 Å². The number of rotatable bonds is 3. The molecule has 1 rings (SSSR count). The molecule has 0 radical (unpaired) electrons. The number of nitriles is 2. The van der Waals surface area contributed by atoms with Crippen LogP contribution in [0, 0.1) is 28.6 Å². The third kappa shape index (κ3) is 1.90. The monoisotopic (exact) mass is 190 g/mol. The molecular formula is C9H10N4O. The molecule has 0 aromatic carbocycles. The van der Waals surface area contributed by atoms with E-state index in [1.165, 1.54) is 6.33 Å². The minimum Gasteiger partial charge on any atom is -0.396 e. The van der Waals surface area contributed by atoms with E-state index in [4.69, 9.17) is 15.6 Å². The number of hydrogen-bond acceptors (Lipinski definition) is 4. The topological polar surface area (TPSA) is 85.6 Å². The van der Waals surface area contributed by atoms with Gasteiger partial charge in [0.15, 0.2) is 11.4 Å². The summed E-state index contributed by atoms with van der Waals surface area (Å²) in [5.41, 5.74) is 0.394. The molecule has 0 bridgehead atoms. The average molecular weight is 190 g/mol. The van der Waals surface area contributed by atoms with Gasteiger partial charge in [0.1, 0.15) is 12.1 Å². The molecular weight excluding hydrogens is 180 g/mol. The molecule has 1 aromatic heterocycles. The molecule has 1 aromatic rings. The highest BCUT2D eigenvalue weighted by molar-refractivity contribution is 5.35. The molecule has 0 fully saturated rings. The lowest BCUT2D eigenvalue weighted by Crippen LogP contribution is -2.11. The smallest absolute Gasteiger partial charge is 0.176 e. The molecule has 14 heavy (non-hydrogen) atoms. The predicted octanol–water partition coefficient (Wildman–Crippen LogP) is 0.255. The van der Waals surface area contributed by atoms with Crippen LogP contribution in [0.5, 0.6) is 0 Å². The lowest BCUT2D eigenvalue weighted by atomic mass is 10.2. The molecule has 1 unspecified atom stereocenters. The van der Waals surface area contributed by atoms with Crippen LogP contribution in [0.15, 0.2) is 6.33 Å². The number of aromatic nitrogens is 2. The van der Waals surface area contributed by atoms with Crippen LogP contribution in [0.4, 0.5) is 0 Å². The second-order valence-corrected chi connectivity index (χ2v) is 3.11. The molecule has 0 aliphatic heterocycles. The first-order valence-electron chi connectivity index (χ1n) is 4.19. The minimum absolute atomic E-state index is 0.0443. The van der Waals surface area contributed by atoms with Crippen LogP contribution in [-0.2, 0) is 6.54 Å². The van der Waals surface area contributed by atoms with Gasteiger partial charge in [-0.1, -0.05) is 6.92 Å². The second-order valence-electron chi connectivity index (χ2n) is 3.11. The molecule has 1 atom stereocenters. The van der Waals surface area contributed by atoms with Crippen molar-refractivity contribution in [2.75, 3.05) is 6.61 Å². The zero-order valence-corrected chi connectivity index (χ0v) is 7.80. The van der Waals surface area contributed by atoms with Crippen LogP contribution in [0.1, 0.15) is 18.3 Å². The van der Waals surface area contributed by atoms with Crippen molar-refractivity contribution in [2.45, 2.75) is 13.5 Å². The van der Waals surface area contributed by atoms with Crippen molar-refractivity contribution in [2.24, 2.45) is 5.92 Å². The quantitative estimate of drug-likeness (QED) is 0.740. The van der Waals surface area contributed by atoms with Crippen molar-refractivity contribution in [3.05, 3.63) is 17.7 Å². The van der Waals surface area contributed by atoms with Gasteiger partial charge in [0.05, 0.1) is 6.33 Å². The molecule has 0 aliphatic carbocycles. The van der Waals surface area contributed by atoms with Crippen molar-refractivity contribution in [1.82, 2.24) is 9.55 Å². The van der Waals surface area contributed by atoms with Crippen LogP contribution in [0.25, 0.3) is 0 Å². The summed E-state index contributed by atoms with van der Waals surface area (Å²) in [6.07, 6.45) is 1.45. The first-order chi connectivity index (χ1) is 6.72. The van der Waals surface area contributed by atoms with Crippen molar-refractivity contribution in [3.63, 3.8) is 0 Å². The van der Waals surface area contributed by atoms with Crippen molar-refractivity contribution in [1.29, 1.82) is 10.5 Å². The number of aliphatic hydroxyl groups is 1. The molecule has 1 heterocycles. The van der Waals surface area contributed by atoms with E-state index >= 15 is 0 Å². The summed E-state index contributed by atoms with van der Waals surface area (Å²) in [5, 5.41) is 26.3. The summed E-state index contributed by atoms with van der Waals surface area (Å²) in [4.78, 5) is 3.79. The Morgan fingerprint density at radius 1 is 1.57 bits per heavy atom. The minimum atomic E-state index is 0.0443. The highest BCUT2D eigenvalue weighted by Gasteiger charge is 2.11. The fourth-order valence-electron chi connectivity index (χ4n) is 1.11. The van der Waals surface area contributed by atoms with Gasteiger partial charge >= 0.3 is 0 Å². The van der Waals surface area contributed by atoms with E-state index < -0.39 is 0 Å². The zero-order chi connectivity index (χ0) is 10.6. The van der Waals surface area contributed by atoms with Gasteiger partial charge in [0.25, 0.3) is 0 Å². The molecule has 0 aliphatic rings. The Balaban J connectivity index is 2.95. The van der Waals surface area contributed by atoms with Gasteiger partial charge in [-0.2, -0.15) is 10.5 Å². The van der Waals surface area contributed by atoms with E-state index in [0.717, 1.165) is 0 Å². The highest BCUT2D eigenvalue weighted by Crippen LogP contribution is 2.08. The van der Waals surface area contributed by atoms with E-state index in [1.807, 2.05) is 19.1 Å². The number of hydrogen-bond donors (Lipinski definition) is 1. The summed E-state index contributed by atoms with van der Waals surface area (Å²) >= 11 is 0. The molecule has 0 saturated carbocycles. The molecule has 5 nitrogen and oxygen atoms in total. The van der Waals surface area contributed by atoms with E-state index in [-0.39, 0.29) is 23.9 Å². The Morgan fingerprint density at radius 2 is 2.29 bits per heavy atom. The molecule has 0 spiro atoms. The van der Waals surface area contributed by atoms with Crippen molar-refractivity contribution >= 4 is 0 Å². The summed E-state index contributed by atoms with van der Waals surface area (Å²) in [5.74, 6) is 0.0443. The van der Waals surface area contributed by atoms with Gasteiger partial charge in [0, 0.05) is 13.2 Å². The highest BCUT2D eigenvalue weighted by atomic mass is 16.3. The van der Waals surface area contributed by atoms with Gasteiger partial charge in [-0.25, -0.2) is 4.98 Å². The Hall–Kier alpha value is -1.85. The number of nitrogens with zero attached hydrogens (tertiary/aromatic N) is 4. The molecule has 0 saturated heterocycles. The van der Waals surface area contributed by atoms with E-state index in [9.17, 15) is 0 Å². The second kappa shape index (κ2) is 4.40. The standard InChI is InChI=1S/C9H10N4O/c1-7(5-14)4-13-6-12-8(2-10)9(13)3-11/h6-7,14H,4-5H2,1H3. The SMILES string of the molecule is CC(CO)Cn1cnc(C#N)c1C#N. The van der Waals surface area contributed by atoms with Gasteiger partial charge < -0.3 is 9.67 Å². The summed E-state index contributed by atoms with van der Waals surface area (Å²) in [6, 6.07) is 3.76. The first kappa shape index (κ1) is 10.2. The zero-order valence-electron chi connectivity index (χ0n) is 7.80. The fourth-order valence-corrected chi connectivity index (χ4v) is 1.11. The Bertz CT molecular complexity index is 396. The van der Waals surface area contributed by atoms with Gasteiger partial charge in [0.2, 0.25) is 0 Å². The van der Waals surface area contributed by atoms with Crippen molar-refractivity contribution < 1.29 is 5.11 Å². The van der Waals surface area contributed by atoms with Crippen LogP contribution < -0.4 is 0 Å². The normalized spacial score (nSPS) is 11.7. The largest absolute Gasteiger partial charge is 0.396 e. The summed E-state index contributed by atoms with van der Waals surface area (Å²) in [6.45, 7) is 2.40. The number of aliphatic hydroxyl groups excluding tert-OH is 1.